The van der Waals surface area contributed by atoms with Crippen molar-refractivity contribution in [3.8, 4) is 22.4 Å². The molecule has 5 rings (SSSR count). The molecule has 168 valence electrons. The van der Waals surface area contributed by atoms with Gasteiger partial charge in [0.1, 0.15) is 5.69 Å². The Bertz CT molecular complexity index is 1410. The zero-order valence-corrected chi connectivity index (χ0v) is 18.5. The van der Waals surface area contributed by atoms with E-state index in [9.17, 15) is 4.79 Å². The molecule has 0 saturated heterocycles. The number of fused-ring (bicyclic) bond motifs is 1. The lowest BCUT2D eigenvalue weighted by atomic mass is 9.96. The maximum Gasteiger partial charge on any atom is 0.270 e. The van der Waals surface area contributed by atoms with E-state index in [1.807, 2.05) is 72.9 Å². The first-order valence-corrected chi connectivity index (χ1v) is 11.1. The zero-order valence-electron chi connectivity index (χ0n) is 18.5. The van der Waals surface area contributed by atoms with Crippen LogP contribution in [-0.2, 0) is 13.0 Å². The van der Waals surface area contributed by atoms with Crippen molar-refractivity contribution in [3.63, 3.8) is 0 Å². The minimum Gasteiger partial charge on any atom is -0.350 e. The second-order valence-corrected chi connectivity index (χ2v) is 7.99. The van der Waals surface area contributed by atoms with E-state index in [1.54, 1.807) is 12.4 Å². The Labute approximate surface area is 197 Å². The van der Waals surface area contributed by atoms with Crippen LogP contribution in [0.4, 0.5) is 0 Å². The highest BCUT2D eigenvalue weighted by atomic mass is 16.1. The van der Waals surface area contributed by atoms with Gasteiger partial charge in [-0.15, -0.1) is 0 Å². The van der Waals surface area contributed by atoms with Crippen molar-refractivity contribution in [3.05, 3.63) is 102 Å². The number of carbonyl (C=O) groups excluding carboxylic acids is 1. The van der Waals surface area contributed by atoms with Gasteiger partial charge in [0.25, 0.3) is 5.91 Å². The van der Waals surface area contributed by atoms with E-state index in [1.165, 1.54) is 0 Å². The Morgan fingerprint density at radius 1 is 0.971 bits per heavy atom. The number of aromatic nitrogens is 4. The average Bonchev–Trinajstić information content (AvgIpc) is 3.41. The summed E-state index contributed by atoms with van der Waals surface area (Å²) < 4.78 is 0. The van der Waals surface area contributed by atoms with Crippen molar-refractivity contribution < 1.29 is 4.79 Å². The lowest BCUT2D eigenvalue weighted by Crippen LogP contribution is -2.26. The van der Waals surface area contributed by atoms with Gasteiger partial charge in [-0.05, 0) is 35.2 Å². The number of rotatable bonds is 7. The molecule has 0 unspecified atom stereocenters. The van der Waals surface area contributed by atoms with Gasteiger partial charge in [-0.1, -0.05) is 54.6 Å². The molecular formula is C27H24N6O. The smallest absolute Gasteiger partial charge is 0.270 e. The highest BCUT2D eigenvalue weighted by molar-refractivity contribution is 6.06. The molecule has 0 aliphatic rings. The summed E-state index contributed by atoms with van der Waals surface area (Å²) in [6.07, 6.45) is 5.88. The first-order chi connectivity index (χ1) is 16.7. The standard InChI is InChI=1S/C27H24N6O/c28-15-18-6-8-21(9-7-18)25-22(20-4-2-1-3-5-20)14-23-24(33-25)11-13-29-26(23)27(34)30-12-10-19-16-31-32-17-19/h1-9,11,13-14,16-17H,10,12,15,28H2,(H,30,34)(H,31,32). The van der Waals surface area contributed by atoms with Crippen LogP contribution >= 0.6 is 0 Å². The maximum atomic E-state index is 13.0. The Hall–Kier alpha value is -4.36. The normalized spacial score (nSPS) is 11.0. The first kappa shape index (κ1) is 21.5. The fourth-order valence-corrected chi connectivity index (χ4v) is 3.95. The SMILES string of the molecule is NCc1ccc(-c2nc3ccnc(C(=O)NCCc4cn[nH]c4)c3cc2-c2ccccc2)cc1. The molecule has 0 radical (unpaired) electrons. The summed E-state index contributed by atoms with van der Waals surface area (Å²) in [5, 5.41) is 10.4. The molecule has 1 amide bonds. The number of pyridine rings is 2. The number of aromatic amines is 1. The average molecular weight is 449 g/mol. The Balaban J connectivity index is 1.56. The van der Waals surface area contributed by atoms with Gasteiger partial charge in [-0.25, -0.2) is 4.98 Å². The van der Waals surface area contributed by atoms with E-state index in [4.69, 9.17) is 10.7 Å². The molecule has 4 N–H and O–H groups in total. The summed E-state index contributed by atoms with van der Waals surface area (Å²) >= 11 is 0. The first-order valence-electron chi connectivity index (χ1n) is 11.1. The summed E-state index contributed by atoms with van der Waals surface area (Å²) in [5.74, 6) is -0.227. The number of nitrogens with two attached hydrogens (primary N) is 1. The molecule has 3 aromatic heterocycles. The van der Waals surface area contributed by atoms with E-state index in [2.05, 4.69) is 20.5 Å². The summed E-state index contributed by atoms with van der Waals surface area (Å²) in [6, 6.07) is 22.0. The monoisotopic (exact) mass is 448 g/mol. The third-order valence-corrected chi connectivity index (χ3v) is 5.76. The Morgan fingerprint density at radius 2 is 1.79 bits per heavy atom. The number of benzene rings is 2. The van der Waals surface area contributed by atoms with Gasteiger partial charge in [-0.3, -0.25) is 14.9 Å². The van der Waals surface area contributed by atoms with E-state index >= 15 is 0 Å². The van der Waals surface area contributed by atoms with Gasteiger partial charge in [0, 0.05) is 42.0 Å². The lowest BCUT2D eigenvalue weighted by Gasteiger charge is -2.14. The molecule has 0 bridgehead atoms. The minimum atomic E-state index is -0.227. The van der Waals surface area contributed by atoms with Crippen LogP contribution in [0.25, 0.3) is 33.3 Å². The molecule has 7 heteroatoms. The molecular weight excluding hydrogens is 424 g/mol. The van der Waals surface area contributed by atoms with Gasteiger partial charge < -0.3 is 11.1 Å². The number of carbonyl (C=O) groups is 1. The predicted molar refractivity (Wildman–Crippen MR) is 133 cm³/mol. The third kappa shape index (κ3) is 4.42. The quantitative estimate of drug-likeness (QED) is 0.347. The summed E-state index contributed by atoms with van der Waals surface area (Å²) in [6.45, 7) is 0.975. The fraction of sp³-hybridized carbons (Fsp3) is 0.111. The Kier molecular flexibility index (Phi) is 6.09. The van der Waals surface area contributed by atoms with Crippen LogP contribution in [-0.4, -0.2) is 32.6 Å². The largest absolute Gasteiger partial charge is 0.350 e. The number of H-pyrrole nitrogens is 1. The van der Waals surface area contributed by atoms with Crippen molar-refractivity contribution in [1.82, 2.24) is 25.5 Å². The van der Waals surface area contributed by atoms with Crippen molar-refractivity contribution in [1.29, 1.82) is 0 Å². The van der Waals surface area contributed by atoms with Crippen LogP contribution in [0, 0.1) is 0 Å². The molecule has 2 aromatic carbocycles. The Morgan fingerprint density at radius 3 is 2.53 bits per heavy atom. The van der Waals surface area contributed by atoms with Crippen molar-refractivity contribution in [2.45, 2.75) is 13.0 Å². The molecule has 0 fully saturated rings. The van der Waals surface area contributed by atoms with E-state index in [0.29, 0.717) is 36.1 Å². The van der Waals surface area contributed by atoms with Crippen LogP contribution in [0.15, 0.2) is 85.3 Å². The van der Waals surface area contributed by atoms with Crippen LogP contribution in [0.2, 0.25) is 0 Å². The summed E-state index contributed by atoms with van der Waals surface area (Å²) in [5.41, 5.74) is 12.7. The highest BCUT2D eigenvalue weighted by Gasteiger charge is 2.17. The van der Waals surface area contributed by atoms with E-state index < -0.39 is 0 Å². The molecule has 0 saturated carbocycles. The van der Waals surface area contributed by atoms with E-state index in [0.717, 1.165) is 33.5 Å². The fourth-order valence-electron chi connectivity index (χ4n) is 3.95. The van der Waals surface area contributed by atoms with Gasteiger partial charge in [0.05, 0.1) is 17.4 Å². The summed E-state index contributed by atoms with van der Waals surface area (Å²) in [4.78, 5) is 22.4. The molecule has 0 atom stereocenters. The van der Waals surface area contributed by atoms with Crippen LogP contribution in [0.3, 0.4) is 0 Å². The number of amides is 1. The second-order valence-electron chi connectivity index (χ2n) is 7.99. The molecule has 5 aromatic rings. The van der Waals surface area contributed by atoms with Crippen molar-refractivity contribution >= 4 is 16.8 Å². The van der Waals surface area contributed by atoms with Crippen molar-refractivity contribution in [2.75, 3.05) is 6.54 Å². The van der Waals surface area contributed by atoms with Gasteiger partial charge in [0.2, 0.25) is 0 Å². The highest BCUT2D eigenvalue weighted by Crippen LogP contribution is 2.34. The second kappa shape index (κ2) is 9.64. The minimum absolute atomic E-state index is 0.227. The van der Waals surface area contributed by atoms with Gasteiger partial charge in [-0.2, -0.15) is 5.10 Å². The van der Waals surface area contributed by atoms with Gasteiger partial charge >= 0.3 is 0 Å². The third-order valence-electron chi connectivity index (χ3n) is 5.76. The maximum absolute atomic E-state index is 13.0. The van der Waals surface area contributed by atoms with Gasteiger partial charge in [0.15, 0.2) is 0 Å². The number of hydrogen-bond donors (Lipinski definition) is 3. The molecule has 3 heterocycles. The van der Waals surface area contributed by atoms with Crippen molar-refractivity contribution in [2.24, 2.45) is 5.73 Å². The molecule has 0 aliphatic carbocycles. The lowest BCUT2D eigenvalue weighted by molar-refractivity contribution is 0.0951. The molecule has 0 aliphatic heterocycles. The predicted octanol–water partition coefficient (Wildman–Crippen LogP) is 4.12. The molecule has 7 nitrogen and oxygen atoms in total. The molecule has 0 spiro atoms. The topological polar surface area (TPSA) is 110 Å². The number of hydrogen-bond acceptors (Lipinski definition) is 5. The van der Waals surface area contributed by atoms with Crippen LogP contribution in [0.5, 0.6) is 0 Å². The van der Waals surface area contributed by atoms with Crippen LogP contribution in [0.1, 0.15) is 21.6 Å². The number of nitrogens with one attached hydrogen (secondary N) is 2. The zero-order chi connectivity index (χ0) is 23.3. The van der Waals surface area contributed by atoms with E-state index in [-0.39, 0.29) is 5.91 Å². The number of nitrogens with zero attached hydrogens (tertiary/aromatic N) is 3. The summed E-state index contributed by atoms with van der Waals surface area (Å²) in [7, 11) is 0. The molecule has 34 heavy (non-hydrogen) atoms. The van der Waals surface area contributed by atoms with Crippen LogP contribution < -0.4 is 11.1 Å².